The molecule has 0 rings (SSSR count). The van der Waals surface area contributed by atoms with Gasteiger partial charge < -0.3 is 24.0 Å². The Morgan fingerprint density at radius 2 is 1.20 bits per heavy atom. The molecule has 0 aromatic rings. The lowest BCUT2D eigenvalue weighted by molar-refractivity contribution is -0.870. The number of likely N-dealkylation sites (N-methyl/N-ethyl adjacent to an activating group) is 1. The second-order valence-corrected chi connectivity index (χ2v) is 17.0. The first-order valence-electron chi connectivity index (χ1n) is 22.1. The number of esters is 2. The fourth-order valence-electron chi connectivity index (χ4n) is 5.21. The summed E-state index contributed by atoms with van der Waals surface area (Å²) in [5, 5.41) is 10.2. The van der Waals surface area contributed by atoms with Crippen LogP contribution in [0.1, 0.15) is 136 Å². The van der Waals surface area contributed by atoms with E-state index >= 15 is 0 Å². The van der Waals surface area contributed by atoms with E-state index in [0.29, 0.717) is 30.3 Å². The van der Waals surface area contributed by atoms with Gasteiger partial charge in [0.2, 0.25) is 0 Å². The molecule has 0 aliphatic heterocycles. The molecule has 11 heteroatoms. The second-order valence-electron chi connectivity index (χ2n) is 15.5. The van der Waals surface area contributed by atoms with Crippen molar-refractivity contribution < 1.29 is 47.2 Å². The van der Waals surface area contributed by atoms with Gasteiger partial charge in [-0.15, -0.1) is 0 Å². The summed E-state index contributed by atoms with van der Waals surface area (Å²) in [6.07, 6.45) is 47.7. The van der Waals surface area contributed by atoms with Crippen LogP contribution in [0.2, 0.25) is 0 Å². The summed E-state index contributed by atoms with van der Waals surface area (Å²) in [6.45, 7) is 4.03. The number of hydrogen-bond acceptors (Lipinski definition) is 8. The van der Waals surface area contributed by atoms with Crippen molar-refractivity contribution >= 4 is 19.8 Å². The van der Waals surface area contributed by atoms with Gasteiger partial charge >= 0.3 is 19.8 Å². The minimum absolute atomic E-state index is 0.00841. The number of phosphoric acid groups is 1. The molecule has 336 valence electrons. The third-order valence-electron chi connectivity index (χ3n) is 8.69. The van der Waals surface area contributed by atoms with Crippen molar-refractivity contribution in [3.8, 4) is 0 Å². The predicted octanol–water partition coefficient (Wildman–Crippen LogP) is 11.5. The molecule has 2 N–H and O–H groups in total. The van der Waals surface area contributed by atoms with E-state index in [-0.39, 0.29) is 26.1 Å². The number of carbonyl (C=O) groups is 2. The topological polar surface area (TPSA) is 129 Å². The van der Waals surface area contributed by atoms with Gasteiger partial charge in [0.25, 0.3) is 0 Å². The molecule has 0 fully saturated rings. The monoisotopic (exact) mass is 847 g/mol. The minimum Gasteiger partial charge on any atom is -0.462 e. The number of carbonyl (C=O) groups excluding carboxylic acids is 2. The molecule has 0 bridgehead atoms. The van der Waals surface area contributed by atoms with Gasteiger partial charge in [-0.1, -0.05) is 143 Å². The molecule has 10 nitrogen and oxygen atoms in total. The van der Waals surface area contributed by atoms with E-state index in [1.165, 1.54) is 19.3 Å². The highest BCUT2D eigenvalue weighted by Crippen LogP contribution is 2.43. The fourth-order valence-corrected chi connectivity index (χ4v) is 5.95. The first-order chi connectivity index (χ1) is 28.4. The van der Waals surface area contributed by atoms with Crippen LogP contribution in [0.3, 0.4) is 0 Å². The normalized spacial score (nSPS) is 15.0. The average molecular weight is 847 g/mol. The average Bonchev–Trinajstić information content (AvgIpc) is 3.18. The lowest BCUT2D eigenvalue weighted by atomic mass is 10.1. The fraction of sp³-hybridized carbons (Fsp3) is 0.625. The quantitative estimate of drug-likeness (QED) is 0.0156. The van der Waals surface area contributed by atoms with E-state index in [2.05, 4.69) is 74.6 Å². The number of allylic oxidation sites excluding steroid dienone is 14. The van der Waals surface area contributed by atoms with Crippen LogP contribution in [-0.2, 0) is 32.7 Å². The zero-order valence-corrected chi connectivity index (χ0v) is 38.2. The van der Waals surface area contributed by atoms with Crippen LogP contribution in [0.25, 0.3) is 0 Å². The summed E-state index contributed by atoms with van der Waals surface area (Å²) in [7, 11) is 1.34. The Bertz CT molecular complexity index is 1340. The maximum absolute atomic E-state index is 12.7. The molecular weight excluding hydrogens is 766 g/mol. The molecular formula is C48H81NO9P+. The lowest BCUT2D eigenvalue weighted by Gasteiger charge is -2.24. The highest BCUT2D eigenvalue weighted by molar-refractivity contribution is 7.47. The Kier molecular flexibility index (Phi) is 37.0. The Morgan fingerprint density at radius 3 is 1.85 bits per heavy atom. The molecule has 0 radical (unpaired) electrons. The second kappa shape index (κ2) is 39.1. The van der Waals surface area contributed by atoms with Gasteiger partial charge in [-0.2, -0.15) is 0 Å². The molecule has 0 aromatic heterocycles. The molecule has 0 spiro atoms. The van der Waals surface area contributed by atoms with Crippen molar-refractivity contribution in [2.24, 2.45) is 0 Å². The summed E-state index contributed by atoms with van der Waals surface area (Å²) < 4.78 is 34.1. The van der Waals surface area contributed by atoms with Crippen molar-refractivity contribution in [2.75, 3.05) is 47.5 Å². The highest BCUT2D eigenvalue weighted by atomic mass is 31.2. The van der Waals surface area contributed by atoms with Crippen LogP contribution in [0.15, 0.2) is 97.2 Å². The van der Waals surface area contributed by atoms with Crippen LogP contribution in [0, 0.1) is 0 Å². The summed E-state index contributed by atoms with van der Waals surface area (Å²) in [5.41, 5.74) is 0. The molecule has 0 aliphatic rings. The predicted molar refractivity (Wildman–Crippen MR) is 244 cm³/mol. The largest absolute Gasteiger partial charge is 0.472 e. The van der Waals surface area contributed by atoms with Crippen molar-refractivity contribution in [2.45, 2.75) is 148 Å². The SMILES string of the molecule is CC/C=C\C/C=C\C/C=C\C/C=C\C=C/C(O)C/C=C\CCC(=O)O[C@H](COC(=O)CCCCCCC/C=C\C/C=C\CCCCC)COP(=O)(O)OCC[N+](C)(C)C. The molecule has 0 saturated heterocycles. The zero-order valence-electron chi connectivity index (χ0n) is 37.3. The summed E-state index contributed by atoms with van der Waals surface area (Å²) in [4.78, 5) is 35.4. The number of aliphatic hydroxyl groups is 1. The lowest BCUT2D eigenvalue weighted by Crippen LogP contribution is -2.37. The van der Waals surface area contributed by atoms with Crippen LogP contribution in [0.4, 0.5) is 0 Å². The van der Waals surface area contributed by atoms with Gasteiger partial charge in [0, 0.05) is 12.8 Å². The van der Waals surface area contributed by atoms with Crippen LogP contribution >= 0.6 is 7.82 Å². The summed E-state index contributed by atoms with van der Waals surface area (Å²) >= 11 is 0. The van der Waals surface area contributed by atoms with E-state index in [0.717, 1.165) is 70.6 Å². The van der Waals surface area contributed by atoms with Crippen molar-refractivity contribution in [1.29, 1.82) is 0 Å². The molecule has 0 aromatic carbocycles. The van der Waals surface area contributed by atoms with Gasteiger partial charge in [-0.25, -0.2) is 4.57 Å². The van der Waals surface area contributed by atoms with E-state index in [4.69, 9.17) is 18.5 Å². The van der Waals surface area contributed by atoms with E-state index < -0.39 is 38.6 Å². The standard InChI is InChI=1S/C48H80NO9P/c1-6-8-10-12-14-16-18-20-21-23-25-27-29-31-35-39-47(51)55-43-46(44-57-59(53,54)56-42-41-49(3,4)5)58-48(52)40-36-32-34-38-45(50)37-33-30-28-26-24-22-19-17-15-13-11-9-7-2/h9,11,14-17,20-22,24,28,30,32-34,37,45-46,50H,6-8,10,12-13,18-19,23,25-27,29,31,35-36,38-44H2,1-5H3/p+1/b11-9-,16-14-,17-15-,21-20-,24-22-,30-28-,34-32-,37-33-/t45?,46-/m1/s1. The number of unbranched alkanes of at least 4 members (excludes halogenated alkanes) is 8. The maximum atomic E-state index is 12.7. The molecule has 59 heavy (non-hydrogen) atoms. The van der Waals surface area contributed by atoms with E-state index in [9.17, 15) is 24.2 Å². The third-order valence-corrected chi connectivity index (χ3v) is 9.68. The summed E-state index contributed by atoms with van der Waals surface area (Å²) in [5.74, 6) is -1.01. The highest BCUT2D eigenvalue weighted by Gasteiger charge is 2.27. The summed E-state index contributed by atoms with van der Waals surface area (Å²) in [6, 6.07) is 0. The zero-order chi connectivity index (χ0) is 43.7. The first kappa shape index (κ1) is 55.9. The number of phosphoric ester groups is 1. The Morgan fingerprint density at radius 1 is 0.627 bits per heavy atom. The van der Waals surface area contributed by atoms with Crippen LogP contribution in [-0.4, -0.2) is 86.1 Å². The third kappa shape index (κ3) is 42.8. The number of aliphatic hydroxyl groups excluding tert-OH is 1. The van der Waals surface area contributed by atoms with E-state index in [1.807, 2.05) is 39.4 Å². The van der Waals surface area contributed by atoms with Gasteiger partial charge in [-0.05, 0) is 77.0 Å². The van der Waals surface area contributed by atoms with Crippen LogP contribution in [0.5, 0.6) is 0 Å². The molecule has 3 atom stereocenters. The maximum Gasteiger partial charge on any atom is 0.472 e. The smallest absolute Gasteiger partial charge is 0.462 e. The Balaban J connectivity index is 4.63. The van der Waals surface area contributed by atoms with Crippen molar-refractivity contribution in [1.82, 2.24) is 0 Å². The Labute approximate surface area is 358 Å². The van der Waals surface area contributed by atoms with Gasteiger partial charge in [-0.3, -0.25) is 18.6 Å². The molecule has 0 saturated carbocycles. The van der Waals surface area contributed by atoms with Crippen molar-refractivity contribution in [3.05, 3.63) is 97.2 Å². The van der Waals surface area contributed by atoms with Gasteiger partial charge in [0.05, 0.1) is 33.9 Å². The Hall–Kier alpha value is -3.11. The number of rotatable bonds is 38. The van der Waals surface area contributed by atoms with Crippen LogP contribution < -0.4 is 0 Å². The van der Waals surface area contributed by atoms with E-state index in [1.54, 1.807) is 18.2 Å². The number of ether oxygens (including phenoxy) is 2. The number of hydrogen-bond donors (Lipinski definition) is 2. The number of quaternary nitrogens is 1. The molecule has 2 unspecified atom stereocenters. The van der Waals surface area contributed by atoms with Crippen molar-refractivity contribution in [3.63, 3.8) is 0 Å². The van der Waals surface area contributed by atoms with Gasteiger partial charge in [0.1, 0.15) is 19.8 Å². The minimum atomic E-state index is -4.43. The molecule has 0 amide bonds. The van der Waals surface area contributed by atoms with Gasteiger partial charge in [0.15, 0.2) is 6.10 Å². The first-order valence-corrected chi connectivity index (χ1v) is 23.6. The molecule has 0 heterocycles. The molecule has 0 aliphatic carbocycles. The number of nitrogens with zero attached hydrogens (tertiary/aromatic N) is 1.